The van der Waals surface area contributed by atoms with E-state index < -0.39 is 0 Å². The molecule has 0 aromatic rings. The second-order valence-corrected chi connectivity index (χ2v) is 6.34. The molecule has 2 saturated carbocycles. The van der Waals surface area contributed by atoms with Crippen LogP contribution in [-0.2, 0) is 0 Å². The van der Waals surface area contributed by atoms with E-state index in [1.165, 1.54) is 38.6 Å². The Morgan fingerprint density at radius 2 is 1.81 bits per heavy atom. The third kappa shape index (κ3) is 3.21. The molecule has 0 aromatic carbocycles. The lowest BCUT2D eigenvalue weighted by Crippen LogP contribution is -2.39. The highest BCUT2D eigenvalue weighted by molar-refractivity contribution is 4.92. The molecule has 3 N–H and O–H groups in total. The summed E-state index contributed by atoms with van der Waals surface area (Å²) in [5.74, 6) is 3.11. The molecule has 16 heavy (non-hydrogen) atoms. The lowest BCUT2D eigenvalue weighted by molar-refractivity contribution is 0.281. The molecule has 0 aliphatic heterocycles. The summed E-state index contributed by atoms with van der Waals surface area (Å²) in [6.45, 7) is 7.67. The van der Waals surface area contributed by atoms with Gasteiger partial charge in [0.15, 0.2) is 0 Å². The molecule has 2 nitrogen and oxygen atoms in total. The van der Waals surface area contributed by atoms with Crippen LogP contribution >= 0.6 is 0 Å². The van der Waals surface area contributed by atoms with Crippen molar-refractivity contribution in [2.75, 3.05) is 19.6 Å². The van der Waals surface area contributed by atoms with Gasteiger partial charge in [-0.25, -0.2) is 0 Å². The first-order chi connectivity index (χ1) is 7.68. The van der Waals surface area contributed by atoms with Crippen molar-refractivity contribution in [1.82, 2.24) is 5.32 Å². The van der Waals surface area contributed by atoms with Crippen molar-refractivity contribution in [3.05, 3.63) is 0 Å². The van der Waals surface area contributed by atoms with Crippen molar-refractivity contribution in [2.24, 2.45) is 28.9 Å². The fraction of sp³-hybridized carbons (Fsp3) is 1.00. The maximum Gasteiger partial charge on any atom is 0.00173 e. The van der Waals surface area contributed by atoms with Gasteiger partial charge in [-0.05, 0) is 68.4 Å². The molecule has 94 valence electrons. The van der Waals surface area contributed by atoms with Gasteiger partial charge in [0.05, 0.1) is 0 Å². The van der Waals surface area contributed by atoms with E-state index in [1.807, 2.05) is 0 Å². The number of nitrogens with two attached hydrogens (primary N) is 1. The zero-order chi connectivity index (χ0) is 11.6. The van der Waals surface area contributed by atoms with Crippen LogP contribution in [0.15, 0.2) is 0 Å². The molecule has 0 spiro atoms. The van der Waals surface area contributed by atoms with Crippen LogP contribution in [-0.4, -0.2) is 19.6 Å². The van der Waals surface area contributed by atoms with E-state index in [-0.39, 0.29) is 0 Å². The molecule has 1 unspecified atom stereocenters. The first kappa shape index (κ1) is 12.4. The summed E-state index contributed by atoms with van der Waals surface area (Å²) in [6, 6.07) is 0. The normalized spacial score (nSPS) is 24.8. The minimum atomic E-state index is 0.303. The zero-order valence-electron chi connectivity index (χ0n) is 11.0. The maximum absolute atomic E-state index is 5.84. The minimum absolute atomic E-state index is 0.303. The third-order valence-electron chi connectivity index (χ3n) is 4.73. The average molecular weight is 224 g/mol. The van der Waals surface area contributed by atoms with Gasteiger partial charge in [-0.15, -0.1) is 0 Å². The van der Waals surface area contributed by atoms with Gasteiger partial charge in [-0.2, -0.15) is 0 Å². The molecule has 0 amide bonds. The smallest absolute Gasteiger partial charge is 0.00173 e. The molecule has 2 fully saturated rings. The summed E-state index contributed by atoms with van der Waals surface area (Å²) < 4.78 is 0. The summed E-state index contributed by atoms with van der Waals surface area (Å²) in [7, 11) is 0. The fourth-order valence-electron chi connectivity index (χ4n) is 2.65. The molecule has 0 bridgehead atoms. The van der Waals surface area contributed by atoms with E-state index in [0.29, 0.717) is 5.41 Å². The first-order valence-electron chi connectivity index (χ1n) is 7.09. The largest absolute Gasteiger partial charge is 0.330 e. The van der Waals surface area contributed by atoms with Gasteiger partial charge < -0.3 is 11.1 Å². The van der Waals surface area contributed by atoms with Gasteiger partial charge in [0.1, 0.15) is 0 Å². The van der Waals surface area contributed by atoms with Gasteiger partial charge in [-0.3, -0.25) is 0 Å². The summed E-state index contributed by atoms with van der Waals surface area (Å²) in [6.07, 6.45) is 7.14. The Balaban J connectivity index is 1.69. The molecule has 0 saturated heterocycles. The monoisotopic (exact) mass is 224 g/mol. The molecule has 0 aromatic heterocycles. The van der Waals surface area contributed by atoms with Crippen LogP contribution in [0.5, 0.6) is 0 Å². The van der Waals surface area contributed by atoms with E-state index in [0.717, 1.165) is 30.8 Å². The van der Waals surface area contributed by atoms with Gasteiger partial charge in [0.25, 0.3) is 0 Å². The topological polar surface area (TPSA) is 38.0 Å². The number of nitrogens with one attached hydrogen (secondary N) is 1. The van der Waals surface area contributed by atoms with Crippen LogP contribution in [0.2, 0.25) is 0 Å². The van der Waals surface area contributed by atoms with E-state index in [1.54, 1.807) is 0 Å². The van der Waals surface area contributed by atoms with Gasteiger partial charge in [0.2, 0.25) is 0 Å². The molecular formula is C14H28N2. The lowest BCUT2D eigenvalue weighted by Gasteiger charge is -2.28. The van der Waals surface area contributed by atoms with Crippen molar-refractivity contribution in [3.8, 4) is 0 Å². The van der Waals surface area contributed by atoms with E-state index in [4.69, 9.17) is 5.73 Å². The second kappa shape index (κ2) is 5.05. The first-order valence-corrected chi connectivity index (χ1v) is 7.09. The van der Waals surface area contributed by atoms with Crippen molar-refractivity contribution >= 4 is 0 Å². The highest BCUT2D eigenvalue weighted by atomic mass is 14.9. The third-order valence-corrected chi connectivity index (χ3v) is 4.73. The van der Waals surface area contributed by atoms with E-state index >= 15 is 0 Å². The van der Waals surface area contributed by atoms with Gasteiger partial charge in [0, 0.05) is 6.54 Å². The van der Waals surface area contributed by atoms with Gasteiger partial charge >= 0.3 is 0 Å². The Morgan fingerprint density at radius 1 is 1.25 bits per heavy atom. The van der Waals surface area contributed by atoms with Crippen LogP contribution in [0.3, 0.4) is 0 Å². The maximum atomic E-state index is 5.84. The Hall–Kier alpha value is -0.0800. The summed E-state index contributed by atoms with van der Waals surface area (Å²) in [5.41, 5.74) is 6.14. The molecule has 0 heterocycles. The Kier molecular flexibility index (Phi) is 3.91. The van der Waals surface area contributed by atoms with Crippen LogP contribution in [0.4, 0.5) is 0 Å². The molecule has 2 heteroatoms. The average Bonchev–Trinajstić information content (AvgIpc) is 3.17. The number of hydrogen-bond donors (Lipinski definition) is 2. The molecule has 2 aliphatic rings. The Labute approximate surface area is 100 Å². The quantitative estimate of drug-likeness (QED) is 0.664. The second-order valence-electron chi connectivity index (χ2n) is 6.34. The molecule has 1 atom stereocenters. The van der Waals surface area contributed by atoms with Crippen molar-refractivity contribution in [1.29, 1.82) is 0 Å². The Bertz CT molecular complexity index is 203. The standard InChI is InChI=1S/C14H28N2/c1-3-14(2,9-15)10-16-8-13(11-4-5-11)12-6-7-12/h11-13,16H,3-10,15H2,1-2H3. The summed E-state index contributed by atoms with van der Waals surface area (Å²) in [5, 5.41) is 3.69. The van der Waals surface area contributed by atoms with Crippen LogP contribution in [0.1, 0.15) is 46.0 Å². The van der Waals surface area contributed by atoms with Crippen molar-refractivity contribution in [2.45, 2.75) is 46.0 Å². The SMILES string of the molecule is CCC(C)(CN)CNCC(C1CC1)C1CC1. The minimum Gasteiger partial charge on any atom is -0.330 e. The summed E-state index contributed by atoms with van der Waals surface area (Å²) in [4.78, 5) is 0. The molecular weight excluding hydrogens is 196 g/mol. The number of rotatable bonds is 8. The molecule has 2 rings (SSSR count). The zero-order valence-corrected chi connectivity index (χ0v) is 11.0. The van der Waals surface area contributed by atoms with Gasteiger partial charge in [-0.1, -0.05) is 13.8 Å². The van der Waals surface area contributed by atoms with E-state index in [9.17, 15) is 0 Å². The van der Waals surface area contributed by atoms with Crippen molar-refractivity contribution in [3.63, 3.8) is 0 Å². The predicted molar refractivity (Wildman–Crippen MR) is 69.3 cm³/mol. The predicted octanol–water partition coefficient (Wildman–Crippen LogP) is 2.39. The van der Waals surface area contributed by atoms with Crippen LogP contribution in [0, 0.1) is 23.2 Å². The highest BCUT2D eigenvalue weighted by Gasteiger charge is 2.41. The van der Waals surface area contributed by atoms with Crippen LogP contribution in [0.25, 0.3) is 0 Å². The molecule has 0 radical (unpaired) electrons. The van der Waals surface area contributed by atoms with Crippen LogP contribution < -0.4 is 11.1 Å². The highest BCUT2D eigenvalue weighted by Crippen LogP contribution is 2.48. The van der Waals surface area contributed by atoms with Crippen molar-refractivity contribution < 1.29 is 0 Å². The fourth-order valence-corrected chi connectivity index (χ4v) is 2.65. The molecule has 2 aliphatic carbocycles. The lowest BCUT2D eigenvalue weighted by atomic mass is 9.87. The number of hydrogen-bond acceptors (Lipinski definition) is 2. The Morgan fingerprint density at radius 3 is 2.19 bits per heavy atom. The van der Waals surface area contributed by atoms with E-state index in [2.05, 4.69) is 19.2 Å². The summed E-state index contributed by atoms with van der Waals surface area (Å²) >= 11 is 0.